The van der Waals surface area contributed by atoms with E-state index in [0.717, 1.165) is 18.4 Å². The first kappa shape index (κ1) is 15.9. The molecule has 1 unspecified atom stereocenters. The Bertz CT molecular complexity index is 784. The van der Waals surface area contributed by atoms with Gasteiger partial charge in [0.15, 0.2) is 5.82 Å². The first-order chi connectivity index (χ1) is 11.0. The molecule has 122 valence electrons. The van der Waals surface area contributed by atoms with Crippen molar-refractivity contribution in [3.63, 3.8) is 0 Å². The maximum atomic E-state index is 12.5. The van der Waals surface area contributed by atoms with Gasteiger partial charge in [0.05, 0.1) is 5.92 Å². The Morgan fingerprint density at radius 3 is 2.78 bits per heavy atom. The van der Waals surface area contributed by atoms with Crippen LogP contribution in [0.3, 0.4) is 0 Å². The normalized spacial score (nSPS) is 20.1. The van der Waals surface area contributed by atoms with Crippen LogP contribution in [0.2, 0.25) is 0 Å². The summed E-state index contributed by atoms with van der Waals surface area (Å²) >= 11 is 0. The summed E-state index contributed by atoms with van der Waals surface area (Å²) in [4.78, 5) is 4.23. The maximum absolute atomic E-state index is 12.5. The highest BCUT2D eigenvalue weighted by Gasteiger charge is 2.30. The highest BCUT2D eigenvalue weighted by molar-refractivity contribution is 7.92. The molecule has 2 aromatic rings. The van der Waals surface area contributed by atoms with E-state index in [0.29, 0.717) is 24.8 Å². The second kappa shape index (κ2) is 6.64. The molecule has 1 atom stereocenters. The molecular weight excluding hydrogens is 314 g/mol. The molecular formula is C16H19N3O3S. The van der Waals surface area contributed by atoms with E-state index >= 15 is 0 Å². The zero-order chi connectivity index (χ0) is 16.3. The molecule has 1 aromatic carbocycles. The quantitative estimate of drug-likeness (QED) is 0.859. The zero-order valence-corrected chi connectivity index (χ0v) is 13.7. The van der Waals surface area contributed by atoms with E-state index in [1.807, 2.05) is 30.3 Å². The molecule has 1 saturated heterocycles. The lowest BCUT2D eigenvalue weighted by molar-refractivity contribution is 0.267. The number of benzene rings is 1. The Morgan fingerprint density at radius 2 is 2.09 bits per heavy atom. The largest absolute Gasteiger partial charge is 0.339 e. The lowest BCUT2D eigenvalue weighted by Gasteiger charge is -2.29. The summed E-state index contributed by atoms with van der Waals surface area (Å²) in [7, 11) is -3.45. The summed E-state index contributed by atoms with van der Waals surface area (Å²) in [5.41, 5.74) is 0.858. The second-order valence-corrected chi connectivity index (χ2v) is 7.45. The summed E-state index contributed by atoms with van der Waals surface area (Å²) in [5, 5.41) is 5.05. The maximum Gasteiger partial charge on any atom is 0.236 e. The van der Waals surface area contributed by atoms with Gasteiger partial charge in [-0.15, -0.1) is 0 Å². The van der Waals surface area contributed by atoms with E-state index in [9.17, 15) is 8.42 Å². The van der Waals surface area contributed by atoms with Crippen LogP contribution in [0.25, 0.3) is 6.08 Å². The fourth-order valence-electron chi connectivity index (χ4n) is 2.67. The Balaban J connectivity index is 1.73. The van der Waals surface area contributed by atoms with Crippen molar-refractivity contribution >= 4 is 16.1 Å². The molecule has 6 nitrogen and oxygen atoms in total. The summed E-state index contributed by atoms with van der Waals surface area (Å²) in [6.45, 7) is 2.65. The van der Waals surface area contributed by atoms with Gasteiger partial charge in [-0.2, -0.15) is 9.29 Å². The fraction of sp³-hybridized carbons (Fsp3) is 0.375. The van der Waals surface area contributed by atoms with Crippen LogP contribution in [0.5, 0.6) is 0 Å². The van der Waals surface area contributed by atoms with Crippen molar-refractivity contribution in [3.05, 3.63) is 53.0 Å². The minimum atomic E-state index is -3.45. The molecule has 0 saturated carbocycles. The molecule has 1 aliphatic rings. The van der Waals surface area contributed by atoms with Gasteiger partial charge in [-0.3, -0.25) is 0 Å². The van der Waals surface area contributed by atoms with Crippen molar-refractivity contribution in [2.75, 3.05) is 13.1 Å². The lowest BCUT2D eigenvalue weighted by atomic mass is 10.00. The Hall–Kier alpha value is -1.99. The third kappa shape index (κ3) is 3.86. The van der Waals surface area contributed by atoms with Gasteiger partial charge in [0.2, 0.25) is 15.9 Å². The molecule has 0 radical (unpaired) electrons. The molecule has 0 bridgehead atoms. The highest BCUT2D eigenvalue weighted by atomic mass is 32.2. The number of sulfonamides is 1. The predicted molar refractivity (Wildman–Crippen MR) is 87.0 cm³/mol. The van der Waals surface area contributed by atoms with Crippen molar-refractivity contribution in [2.45, 2.75) is 25.7 Å². The molecule has 0 amide bonds. The topological polar surface area (TPSA) is 76.3 Å². The number of rotatable bonds is 4. The van der Waals surface area contributed by atoms with E-state index in [1.54, 1.807) is 13.0 Å². The van der Waals surface area contributed by atoms with Crippen LogP contribution < -0.4 is 0 Å². The van der Waals surface area contributed by atoms with E-state index < -0.39 is 10.0 Å². The van der Waals surface area contributed by atoms with E-state index in [2.05, 4.69) is 10.1 Å². The predicted octanol–water partition coefficient (Wildman–Crippen LogP) is 2.56. The monoisotopic (exact) mass is 333 g/mol. The molecule has 0 aliphatic carbocycles. The van der Waals surface area contributed by atoms with E-state index in [-0.39, 0.29) is 5.92 Å². The molecule has 0 spiro atoms. The van der Waals surface area contributed by atoms with Crippen LogP contribution in [0.15, 0.2) is 40.3 Å². The Labute approximate surface area is 135 Å². The third-order valence-electron chi connectivity index (χ3n) is 3.87. The van der Waals surface area contributed by atoms with Gasteiger partial charge in [0.25, 0.3) is 0 Å². The molecule has 0 N–H and O–H groups in total. The highest BCUT2D eigenvalue weighted by Crippen LogP contribution is 2.27. The summed E-state index contributed by atoms with van der Waals surface area (Å²) in [5.74, 6) is 1.06. The van der Waals surface area contributed by atoms with Gasteiger partial charge in [0, 0.05) is 18.5 Å². The van der Waals surface area contributed by atoms with Gasteiger partial charge < -0.3 is 4.52 Å². The zero-order valence-electron chi connectivity index (χ0n) is 12.9. The van der Waals surface area contributed by atoms with Gasteiger partial charge in [-0.1, -0.05) is 35.5 Å². The van der Waals surface area contributed by atoms with Crippen LogP contribution in [-0.2, 0) is 10.0 Å². The third-order valence-corrected chi connectivity index (χ3v) is 5.40. The van der Waals surface area contributed by atoms with Crippen LogP contribution >= 0.6 is 0 Å². The van der Waals surface area contributed by atoms with Gasteiger partial charge in [-0.05, 0) is 31.4 Å². The van der Waals surface area contributed by atoms with Gasteiger partial charge >= 0.3 is 0 Å². The standard InChI is InChI=1S/C16H19N3O3S/c1-13-17-16(22-18-13)15-8-5-10-19(12-15)23(20,21)11-9-14-6-3-2-4-7-14/h2-4,6-7,9,11,15H,5,8,10,12H2,1H3/b11-9+. The average Bonchev–Trinajstić information content (AvgIpc) is 3.01. The molecule has 1 aromatic heterocycles. The molecule has 23 heavy (non-hydrogen) atoms. The number of nitrogens with zero attached hydrogens (tertiary/aromatic N) is 3. The van der Waals surface area contributed by atoms with Crippen molar-refractivity contribution in [1.29, 1.82) is 0 Å². The smallest absolute Gasteiger partial charge is 0.236 e. The van der Waals surface area contributed by atoms with Gasteiger partial charge in [0.1, 0.15) is 0 Å². The van der Waals surface area contributed by atoms with Crippen LogP contribution in [0, 0.1) is 6.92 Å². The fourth-order valence-corrected chi connectivity index (χ4v) is 3.94. The average molecular weight is 333 g/mol. The van der Waals surface area contributed by atoms with Crippen molar-refractivity contribution in [2.24, 2.45) is 0 Å². The van der Waals surface area contributed by atoms with Crippen LogP contribution in [0.4, 0.5) is 0 Å². The molecule has 3 rings (SSSR count). The number of piperidine rings is 1. The number of aryl methyl sites for hydroxylation is 1. The Morgan fingerprint density at radius 1 is 1.30 bits per heavy atom. The van der Waals surface area contributed by atoms with Crippen molar-refractivity contribution in [1.82, 2.24) is 14.4 Å². The van der Waals surface area contributed by atoms with Crippen LogP contribution in [0.1, 0.15) is 36.0 Å². The minimum Gasteiger partial charge on any atom is -0.339 e. The first-order valence-electron chi connectivity index (χ1n) is 7.58. The lowest BCUT2D eigenvalue weighted by Crippen LogP contribution is -2.38. The second-order valence-electron chi connectivity index (χ2n) is 5.64. The Kier molecular flexibility index (Phi) is 4.58. The number of hydrogen-bond acceptors (Lipinski definition) is 5. The molecule has 1 fully saturated rings. The number of aromatic nitrogens is 2. The van der Waals surface area contributed by atoms with E-state index in [1.165, 1.54) is 9.71 Å². The minimum absolute atomic E-state index is 0.0372. The van der Waals surface area contributed by atoms with Crippen LogP contribution in [-0.4, -0.2) is 36.0 Å². The van der Waals surface area contributed by atoms with Crippen molar-refractivity contribution in [3.8, 4) is 0 Å². The first-order valence-corrected chi connectivity index (χ1v) is 9.08. The van der Waals surface area contributed by atoms with Crippen molar-refractivity contribution < 1.29 is 12.9 Å². The van der Waals surface area contributed by atoms with E-state index in [4.69, 9.17) is 4.52 Å². The van der Waals surface area contributed by atoms with Gasteiger partial charge in [-0.25, -0.2) is 8.42 Å². The summed E-state index contributed by atoms with van der Waals surface area (Å²) in [6.07, 6.45) is 3.26. The summed E-state index contributed by atoms with van der Waals surface area (Å²) < 4.78 is 31.7. The molecule has 2 heterocycles. The number of hydrogen-bond donors (Lipinski definition) is 0. The SMILES string of the molecule is Cc1noc(C2CCCN(S(=O)(=O)/C=C/c3ccccc3)C2)n1. The molecule has 7 heteroatoms. The summed E-state index contributed by atoms with van der Waals surface area (Å²) in [6, 6.07) is 9.38. The molecule has 1 aliphatic heterocycles.